The Kier molecular flexibility index (Phi) is 3.96. The van der Waals surface area contributed by atoms with E-state index in [1.165, 1.54) is 0 Å². The van der Waals surface area contributed by atoms with E-state index in [2.05, 4.69) is 34.1 Å². The molecule has 0 unspecified atom stereocenters. The van der Waals surface area contributed by atoms with Crippen molar-refractivity contribution in [1.82, 2.24) is 23.9 Å². The molecule has 0 bridgehead atoms. The molecule has 1 amide bonds. The van der Waals surface area contributed by atoms with Crippen molar-refractivity contribution in [3.63, 3.8) is 0 Å². The van der Waals surface area contributed by atoms with Crippen molar-refractivity contribution < 1.29 is 4.79 Å². The molecular formula is C19H18N6O. The summed E-state index contributed by atoms with van der Waals surface area (Å²) in [4.78, 5) is 25.8. The SMILES string of the molecule is CC(C)n1cnc(-c2nc(C(=O)Nc3cccnc3)c3ccccn23)c1. The predicted molar refractivity (Wildman–Crippen MR) is 99.0 cm³/mol. The number of nitrogens with zero attached hydrogens (tertiary/aromatic N) is 5. The number of amides is 1. The minimum atomic E-state index is -0.281. The lowest BCUT2D eigenvalue weighted by Gasteiger charge is -2.03. The average molecular weight is 346 g/mol. The molecule has 7 heteroatoms. The summed E-state index contributed by atoms with van der Waals surface area (Å²) < 4.78 is 3.89. The van der Waals surface area contributed by atoms with Crippen LogP contribution in [0.3, 0.4) is 0 Å². The van der Waals surface area contributed by atoms with Crippen molar-refractivity contribution in [3.8, 4) is 11.5 Å². The second-order valence-electron chi connectivity index (χ2n) is 6.24. The van der Waals surface area contributed by atoms with Gasteiger partial charge in [-0.1, -0.05) is 6.07 Å². The summed E-state index contributed by atoms with van der Waals surface area (Å²) >= 11 is 0. The number of fused-ring (bicyclic) bond motifs is 1. The molecule has 4 aromatic heterocycles. The Hall–Kier alpha value is -3.48. The van der Waals surface area contributed by atoms with Crippen LogP contribution in [0.15, 0.2) is 61.4 Å². The Bertz CT molecular complexity index is 1060. The molecule has 4 rings (SSSR count). The van der Waals surface area contributed by atoms with Gasteiger partial charge in [-0.2, -0.15) is 0 Å². The maximum Gasteiger partial charge on any atom is 0.276 e. The second kappa shape index (κ2) is 6.44. The summed E-state index contributed by atoms with van der Waals surface area (Å²) in [6.07, 6.45) is 8.85. The molecule has 130 valence electrons. The van der Waals surface area contributed by atoms with Crippen LogP contribution >= 0.6 is 0 Å². The maximum absolute atomic E-state index is 12.7. The van der Waals surface area contributed by atoms with E-state index in [9.17, 15) is 4.79 Å². The third-order valence-corrected chi connectivity index (χ3v) is 4.11. The molecule has 0 aromatic carbocycles. The van der Waals surface area contributed by atoms with Gasteiger partial charge in [0.1, 0.15) is 5.69 Å². The lowest BCUT2D eigenvalue weighted by atomic mass is 10.3. The molecule has 0 atom stereocenters. The van der Waals surface area contributed by atoms with Gasteiger partial charge in [0.2, 0.25) is 0 Å². The topological polar surface area (TPSA) is 77.1 Å². The first-order valence-corrected chi connectivity index (χ1v) is 8.36. The number of imidazole rings is 2. The summed E-state index contributed by atoms with van der Waals surface area (Å²) in [5.74, 6) is 0.354. The largest absolute Gasteiger partial charge is 0.334 e. The molecular weight excluding hydrogens is 328 g/mol. The van der Waals surface area contributed by atoms with E-state index in [1.807, 2.05) is 39.6 Å². The molecule has 0 aliphatic rings. The minimum absolute atomic E-state index is 0.281. The number of hydrogen-bond acceptors (Lipinski definition) is 4. The molecule has 7 nitrogen and oxygen atoms in total. The van der Waals surface area contributed by atoms with Crippen molar-refractivity contribution in [2.75, 3.05) is 5.32 Å². The first-order valence-electron chi connectivity index (χ1n) is 8.36. The van der Waals surface area contributed by atoms with Crippen LogP contribution in [0, 0.1) is 0 Å². The van der Waals surface area contributed by atoms with Gasteiger partial charge in [-0.15, -0.1) is 0 Å². The number of hydrogen-bond donors (Lipinski definition) is 1. The molecule has 0 fully saturated rings. The fourth-order valence-corrected chi connectivity index (χ4v) is 2.75. The van der Waals surface area contributed by atoms with E-state index in [4.69, 9.17) is 0 Å². The summed E-state index contributed by atoms with van der Waals surface area (Å²) in [7, 11) is 0. The van der Waals surface area contributed by atoms with Crippen molar-refractivity contribution in [2.45, 2.75) is 19.9 Å². The highest BCUT2D eigenvalue weighted by molar-refractivity contribution is 6.08. The number of anilines is 1. The molecule has 4 aromatic rings. The zero-order chi connectivity index (χ0) is 18.1. The Morgan fingerprint density at radius 3 is 2.81 bits per heavy atom. The van der Waals surface area contributed by atoms with Crippen molar-refractivity contribution in [3.05, 3.63) is 67.1 Å². The molecule has 0 aliphatic heterocycles. The average Bonchev–Trinajstić information content (AvgIpc) is 3.27. The number of aromatic nitrogens is 5. The molecule has 0 aliphatic carbocycles. The van der Waals surface area contributed by atoms with Crippen molar-refractivity contribution in [2.24, 2.45) is 0 Å². The Labute approximate surface area is 150 Å². The van der Waals surface area contributed by atoms with Crippen LogP contribution in [0.2, 0.25) is 0 Å². The molecule has 0 saturated carbocycles. The molecule has 4 heterocycles. The number of carbonyl (C=O) groups excluding carboxylic acids is 1. The summed E-state index contributed by atoms with van der Waals surface area (Å²) in [6.45, 7) is 4.17. The minimum Gasteiger partial charge on any atom is -0.334 e. The summed E-state index contributed by atoms with van der Waals surface area (Å²) in [5.41, 5.74) is 2.42. The molecule has 0 saturated heterocycles. The normalized spacial score (nSPS) is 11.2. The third-order valence-electron chi connectivity index (χ3n) is 4.11. The number of pyridine rings is 2. The van der Waals surface area contributed by atoms with Crippen LogP contribution in [0.1, 0.15) is 30.4 Å². The van der Waals surface area contributed by atoms with Gasteiger partial charge in [0, 0.05) is 24.6 Å². The van der Waals surface area contributed by atoms with Crippen LogP contribution in [-0.2, 0) is 0 Å². The van der Waals surface area contributed by atoms with E-state index in [0.717, 1.165) is 11.2 Å². The van der Waals surface area contributed by atoms with Crippen LogP contribution in [-0.4, -0.2) is 29.8 Å². The van der Waals surface area contributed by atoms with Gasteiger partial charge >= 0.3 is 0 Å². The van der Waals surface area contributed by atoms with Crippen LogP contribution in [0.4, 0.5) is 5.69 Å². The van der Waals surface area contributed by atoms with Gasteiger partial charge in [0.15, 0.2) is 11.5 Å². The summed E-state index contributed by atoms with van der Waals surface area (Å²) in [5, 5.41) is 2.84. The maximum atomic E-state index is 12.7. The van der Waals surface area contributed by atoms with Crippen LogP contribution in [0.5, 0.6) is 0 Å². The summed E-state index contributed by atoms with van der Waals surface area (Å²) in [6, 6.07) is 9.51. The van der Waals surface area contributed by atoms with Gasteiger partial charge in [-0.3, -0.25) is 14.2 Å². The lowest BCUT2D eigenvalue weighted by Crippen LogP contribution is -2.12. The van der Waals surface area contributed by atoms with Gasteiger partial charge in [-0.25, -0.2) is 9.97 Å². The standard InChI is InChI=1S/C19H18N6O/c1-13(2)24-11-15(21-12-24)18-23-17(16-7-3-4-9-25(16)18)19(26)22-14-6-5-8-20-10-14/h3-13H,1-2H3,(H,22,26). The smallest absolute Gasteiger partial charge is 0.276 e. The zero-order valence-corrected chi connectivity index (χ0v) is 14.5. The number of rotatable bonds is 4. The van der Waals surface area contributed by atoms with E-state index < -0.39 is 0 Å². The van der Waals surface area contributed by atoms with E-state index in [-0.39, 0.29) is 5.91 Å². The number of nitrogens with one attached hydrogen (secondary N) is 1. The zero-order valence-electron chi connectivity index (χ0n) is 14.5. The Morgan fingerprint density at radius 1 is 1.19 bits per heavy atom. The van der Waals surface area contributed by atoms with Gasteiger partial charge in [0.25, 0.3) is 5.91 Å². The first-order chi connectivity index (χ1) is 12.6. The molecule has 0 spiro atoms. The second-order valence-corrected chi connectivity index (χ2v) is 6.24. The monoisotopic (exact) mass is 346 g/mol. The predicted octanol–water partition coefficient (Wildman–Crippen LogP) is 3.43. The highest BCUT2D eigenvalue weighted by atomic mass is 16.1. The van der Waals surface area contributed by atoms with Gasteiger partial charge in [0.05, 0.1) is 23.7 Å². The van der Waals surface area contributed by atoms with Gasteiger partial charge in [-0.05, 0) is 38.1 Å². The Morgan fingerprint density at radius 2 is 2.08 bits per heavy atom. The van der Waals surface area contributed by atoms with Crippen molar-refractivity contribution >= 4 is 17.1 Å². The Balaban J connectivity index is 1.77. The van der Waals surface area contributed by atoms with E-state index >= 15 is 0 Å². The molecule has 0 radical (unpaired) electrons. The third kappa shape index (κ3) is 2.83. The van der Waals surface area contributed by atoms with Crippen LogP contribution in [0.25, 0.3) is 17.0 Å². The van der Waals surface area contributed by atoms with E-state index in [1.54, 1.807) is 30.9 Å². The molecule has 1 N–H and O–H groups in total. The van der Waals surface area contributed by atoms with Gasteiger partial charge < -0.3 is 9.88 Å². The highest BCUT2D eigenvalue weighted by Gasteiger charge is 2.20. The van der Waals surface area contributed by atoms with Crippen molar-refractivity contribution in [1.29, 1.82) is 0 Å². The van der Waals surface area contributed by atoms with E-state index in [0.29, 0.717) is 23.2 Å². The highest BCUT2D eigenvalue weighted by Crippen LogP contribution is 2.23. The first kappa shape index (κ1) is 16.0. The molecule has 26 heavy (non-hydrogen) atoms. The fraction of sp³-hybridized carbons (Fsp3) is 0.158. The lowest BCUT2D eigenvalue weighted by molar-refractivity contribution is 0.102. The number of carbonyl (C=O) groups is 1. The quantitative estimate of drug-likeness (QED) is 0.614. The van der Waals surface area contributed by atoms with Crippen LogP contribution < -0.4 is 5.32 Å². The fourth-order valence-electron chi connectivity index (χ4n) is 2.75.